The minimum atomic E-state index is -0.205. The third-order valence-corrected chi connectivity index (χ3v) is 7.45. The normalized spacial score (nSPS) is 20.2. The molecule has 2 heterocycles. The van der Waals surface area contributed by atoms with Crippen molar-refractivity contribution in [1.29, 1.82) is 5.26 Å². The standard InChI is InChI=1S/C27H33ClN6O3/c1-2-37-27(36)19-11-13-34(14-12-19)25-10-9-24(32-33-25)26(35)31-22-7-5-21(6-8-22)30-17-18-3-4-20(16-29)23(28)15-18/h3-4,9-10,15,19,21-22,30H,2,5-8,11-14,17H2,1H3,(H,31,35). The zero-order chi connectivity index (χ0) is 26.2. The maximum Gasteiger partial charge on any atom is 0.309 e. The minimum Gasteiger partial charge on any atom is -0.466 e. The van der Waals surface area contributed by atoms with Crippen LogP contribution < -0.4 is 15.5 Å². The number of anilines is 1. The summed E-state index contributed by atoms with van der Waals surface area (Å²) in [5.74, 6) is 0.327. The Morgan fingerprint density at radius 3 is 2.43 bits per heavy atom. The van der Waals surface area contributed by atoms with Crippen molar-refractivity contribution in [3.05, 3.63) is 52.2 Å². The molecule has 4 rings (SSSR count). The van der Waals surface area contributed by atoms with E-state index in [1.54, 1.807) is 12.1 Å². The van der Waals surface area contributed by atoms with Crippen LogP contribution in [-0.4, -0.2) is 53.9 Å². The van der Waals surface area contributed by atoms with Crippen molar-refractivity contribution >= 4 is 29.3 Å². The van der Waals surface area contributed by atoms with E-state index in [-0.39, 0.29) is 23.8 Å². The van der Waals surface area contributed by atoms with Gasteiger partial charge in [-0.1, -0.05) is 17.7 Å². The number of nitrogens with zero attached hydrogens (tertiary/aromatic N) is 4. The Morgan fingerprint density at radius 2 is 1.81 bits per heavy atom. The molecule has 0 spiro atoms. The number of nitriles is 1. The van der Waals surface area contributed by atoms with Crippen LogP contribution in [0, 0.1) is 17.2 Å². The van der Waals surface area contributed by atoms with Gasteiger partial charge in [0.05, 0.1) is 23.1 Å². The fourth-order valence-corrected chi connectivity index (χ4v) is 5.19. The molecular weight excluding hydrogens is 492 g/mol. The summed E-state index contributed by atoms with van der Waals surface area (Å²) in [6.07, 6.45) is 5.14. The molecule has 0 atom stereocenters. The molecular formula is C27H33ClN6O3. The first-order valence-electron chi connectivity index (χ1n) is 12.9. The second-order valence-corrected chi connectivity index (χ2v) is 10.0. The van der Waals surface area contributed by atoms with Gasteiger partial charge in [-0.3, -0.25) is 9.59 Å². The van der Waals surface area contributed by atoms with Gasteiger partial charge in [-0.15, -0.1) is 10.2 Å². The topological polar surface area (TPSA) is 120 Å². The van der Waals surface area contributed by atoms with E-state index in [1.165, 1.54) is 0 Å². The van der Waals surface area contributed by atoms with Crippen LogP contribution in [0.2, 0.25) is 5.02 Å². The second-order valence-electron chi connectivity index (χ2n) is 9.62. The highest BCUT2D eigenvalue weighted by atomic mass is 35.5. The molecule has 2 fully saturated rings. The highest BCUT2D eigenvalue weighted by Crippen LogP contribution is 2.23. The van der Waals surface area contributed by atoms with Gasteiger partial charge in [-0.05, 0) is 75.3 Å². The lowest BCUT2D eigenvalue weighted by Gasteiger charge is -2.31. The van der Waals surface area contributed by atoms with E-state index >= 15 is 0 Å². The Labute approximate surface area is 222 Å². The van der Waals surface area contributed by atoms with Gasteiger partial charge in [0.15, 0.2) is 11.5 Å². The number of ether oxygens (including phenoxy) is 1. The number of benzene rings is 1. The van der Waals surface area contributed by atoms with Crippen molar-refractivity contribution in [2.24, 2.45) is 5.92 Å². The number of piperidine rings is 1. The SMILES string of the molecule is CCOC(=O)C1CCN(c2ccc(C(=O)NC3CCC(NCc4ccc(C#N)c(Cl)c4)CC3)nn2)CC1. The van der Waals surface area contributed by atoms with Gasteiger partial charge < -0.3 is 20.3 Å². The average molecular weight is 525 g/mol. The van der Waals surface area contributed by atoms with Gasteiger partial charge in [0, 0.05) is 31.7 Å². The molecule has 37 heavy (non-hydrogen) atoms. The maximum atomic E-state index is 12.7. The van der Waals surface area contributed by atoms with Gasteiger partial charge in [0.1, 0.15) is 6.07 Å². The molecule has 2 aromatic rings. The number of hydrogen-bond acceptors (Lipinski definition) is 8. The van der Waals surface area contributed by atoms with Crippen LogP contribution in [0.4, 0.5) is 5.82 Å². The van der Waals surface area contributed by atoms with Crippen LogP contribution in [0.15, 0.2) is 30.3 Å². The molecule has 2 aliphatic rings. The lowest BCUT2D eigenvalue weighted by molar-refractivity contribution is -0.148. The van der Waals surface area contributed by atoms with Crippen molar-refractivity contribution in [3.63, 3.8) is 0 Å². The summed E-state index contributed by atoms with van der Waals surface area (Å²) in [6, 6.07) is 11.6. The van der Waals surface area contributed by atoms with Crippen LogP contribution in [0.3, 0.4) is 0 Å². The highest BCUT2D eigenvalue weighted by Gasteiger charge is 2.27. The predicted molar refractivity (Wildman–Crippen MR) is 140 cm³/mol. The highest BCUT2D eigenvalue weighted by molar-refractivity contribution is 6.31. The van der Waals surface area contributed by atoms with Crippen LogP contribution in [-0.2, 0) is 16.1 Å². The Balaban J connectivity index is 1.19. The Hall–Kier alpha value is -3.22. The molecule has 196 valence electrons. The van der Waals surface area contributed by atoms with Crippen LogP contribution in [0.25, 0.3) is 0 Å². The zero-order valence-electron chi connectivity index (χ0n) is 21.1. The number of aromatic nitrogens is 2. The fraction of sp³-hybridized carbons (Fsp3) is 0.519. The average Bonchev–Trinajstić information content (AvgIpc) is 2.93. The number of amides is 1. The molecule has 2 N–H and O–H groups in total. The summed E-state index contributed by atoms with van der Waals surface area (Å²) in [7, 11) is 0. The lowest BCUT2D eigenvalue weighted by atomic mass is 9.91. The molecule has 1 aromatic heterocycles. The van der Waals surface area contributed by atoms with E-state index in [2.05, 4.69) is 31.8 Å². The third kappa shape index (κ3) is 7.18. The van der Waals surface area contributed by atoms with E-state index in [4.69, 9.17) is 21.6 Å². The minimum absolute atomic E-state index is 0.0611. The second kappa shape index (κ2) is 12.8. The van der Waals surface area contributed by atoms with Crippen molar-refractivity contribution in [3.8, 4) is 6.07 Å². The molecule has 1 aromatic carbocycles. The predicted octanol–water partition coefficient (Wildman–Crippen LogP) is 3.61. The van der Waals surface area contributed by atoms with Gasteiger partial charge in [0.2, 0.25) is 0 Å². The molecule has 0 radical (unpaired) electrons. The van der Waals surface area contributed by atoms with E-state index < -0.39 is 0 Å². The van der Waals surface area contributed by atoms with E-state index in [0.717, 1.165) is 44.1 Å². The number of carbonyl (C=O) groups is 2. The number of carbonyl (C=O) groups excluding carboxylic acids is 2. The third-order valence-electron chi connectivity index (χ3n) is 7.13. The molecule has 1 aliphatic heterocycles. The van der Waals surface area contributed by atoms with E-state index in [0.29, 0.717) is 54.4 Å². The molecule has 0 unspecified atom stereocenters. The van der Waals surface area contributed by atoms with E-state index in [1.807, 2.05) is 25.1 Å². The molecule has 10 heteroatoms. The Morgan fingerprint density at radius 1 is 1.08 bits per heavy atom. The summed E-state index contributed by atoms with van der Waals surface area (Å²) in [4.78, 5) is 26.7. The molecule has 1 saturated carbocycles. The number of nitrogens with one attached hydrogen (secondary N) is 2. The van der Waals surface area contributed by atoms with Crippen LogP contribution >= 0.6 is 11.6 Å². The fourth-order valence-electron chi connectivity index (χ4n) is 4.94. The number of halogens is 1. The van der Waals surface area contributed by atoms with Gasteiger partial charge in [-0.2, -0.15) is 5.26 Å². The molecule has 9 nitrogen and oxygen atoms in total. The first kappa shape index (κ1) is 26.8. The van der Waals surface area contributed by atoms with E-state index in [9.17, 15) is 9.59 Å². The maximum absolute atomic E-state index is 12.7. The van der Waals surface area contributed by atoms with Crippen LogP contribution in [0.1, 0.15) is 67.1 Å². The summed E-state index contributed by atoms with van der Waals surface area (Å²) >= 11 is 6.12. The summed E-state index contributed by atoms with van der Waals surface area (Å²) in [6.45, 7) is 4.33. The first-order valence-corrected chi connectivity index (χ1v) is 13.3. The summed E-state index contributed by atoms with van der Waals surface area (Å²) in [5.41, 5.74) is 1.84. The number of rotatable bonds is 8. The van der Waals surface area contributed by atoms with Crippen LogP contribution in [0.5, 0.6) is 0 Å². The molecule has 0 bridgehead atoms. The number of esters is 1. The molecule has 1 aliphatic carbocycles. The number of hydrogen-bond donors (Lipinski definition) is 2. The van der Waals surface area contributed by atoms with Gasteiger partial charge >= 0.3 is 5.97 Å². The van der Waals surface area contributed by atoms with Crippen molar-refractivity contribution < 1.29 is 14.3 Å². The Kier molecular flexibility index (Phi) is 9.31. The largest absolute Gasteiger partial charge is 0.466 e. The van der Waals surface area contributed by atoms with Crippen molar-refractivity contribution in [2.45, 2.75) is 64.1 Å². The molecule has 1 saturated heterocycles. The van der Waals surface area contributed by atoms with Gasteiger partial charge in [0.25, 0.3) is 5.91 Å². The summed E-state index contributed by atoms with van der Waals surface area (Å²) < 4.78 is 5.13. The monoisotopic (exact) mass is 524 g/mol. The lowest BCUT2D eigenvalue weighted by Crippen LogP contribution is -2.42. The first-order chi connectivity index (χ1) is 18.0. The summed E-state index contributed by atoms with van der Waals surface area (Å²) in [5, 5.41) is 24.6. The molecule has 1 amide bonds. The zero-order valence-corrected chi connectivity index (χ0v) is 21.8. The van der Waals surface area contributed by atoms with Crippen molar-refractivity contribution in [2.75, 3.05) is 24.6 Å². The quantitative estimate of drug-likeness (QED) is 0.502. The van der Waals surface area contributed by atoms with Gasteiger partial charge in [-0.25, -0.2) is 0 Å². The Bertz CT molecular complexity index is 1120. The smallest absolute Gasteiger partial charge is 0.309 e. The van der Waals surface area contributed by atoms with Crippen molar-refractivity contribution in [1.82, 2.24) is 20.8 Å².